The molecule has 3 rings (SSSR count). The number of nitrogens with one attached hydrogen (secondary N) is 1. The first-order valence-electron chi connectivity index (χ1n) is 8.03. The van der Waals surface area contributed by atoms with Crippen LogP contribution in [0.3, 0.4) is 0 Å². The van der Waals surface area contributed by atoms with Crippen LogP contribution in [0, 0.1) is 0 Å². The highest BCUT2D eigenvalue weighted by Gasteiger charge is 2.35. The van der Waals surface area contributed by atoms with Gasteiger partial charge in [-0.15, -0.1) is 5.10 Å². The normalized spacial score (nSPS) is 20.8. The molecule has 0 unspecified atom stereocenters. The van der Waals surface area contributed by atoms with E-state index in [1.54, 1.807) is 4.90 Å². The molecule has 7 nitrogen and oxygen atoms in total. The Kier molecular flexibility index (Phi) is 4.08. The van der Waals surface area contributed by atoms with Gasteiger partial charge in [0.15, 0.2) is 0 Å². The molecule has 1 aromatic rings. The van der Waals surface area contributed by atoms with Gasteiger partial charge in [-0.25, -0.2) is 9.48 Å². The van der Waals surface area contributed by atoms with Crippen molar-refractivity contribution in [1.82, 2.24) is 25.2 Å². The number of carbonyl (C=O) groups excluding carboxylic acids is 1. The maximum absolute atomic E-state index is 11.9. The van der Waals surface area contributed by atoms with Gasteiger partial charge in [-0.1, -0.05) is 5.21 Å². The Morgan fingerprint density at radius 3 is 2.64 bits per heavy atom. The van der Waals surface area contributed by atoms with Crippen molar-refractivity contribution in [3.8, 4) is 0 Å². The summed E-state index contributed by atoms with van der Waals surface area (Å²) in [7, 11) is 0. The monoisotopic (exact) mass is 307 g/mol. The largest absolute Gasteiger partial charge is 0.444 e. The molecule has 0 spiro atoms. The average Bonchev–Trinajstić information content (AvgIpc) is 2.85. The van der Waals surface area contributed by atoms with Gasteiger partial charge >= 0.3 is 6.09 Å². The first-order valence-corrected chi connectivity index (χ1v) is 8.03. The van der Waals surface area contributed by atoms with Crippen LogP contribution in [0.1, 0.15) is 51.3 Å². The highest BCUT2D eigenvalue weighted by atomic mass is 16.6. The molecule has 2 saturated heterocycles. The summed E-state index contributed by atoms with van der Waals surface area (Å²) in [6, 6.07) is 0.218. The Hall–Kier alpha value is -1.63. The fraction of sp³-hybridized carbons (Fsp3) is 0.800. The lowest BCUT2D eigenvalue weighted by atomic mass is 9.95. The van der Waals surface area contributed by atoms with E-state index in [1.165, 1.54) is 0 Å². The van der Waals surface area contributed by atoms with Crippen molar-refractivity contribution in [2.75, 3.05) is 26.2 Å². The zero-order valence-corrected chi connectivity index (χ0v) is 13.6. The molecule has 0 bridgehead atoms. The summed E-state index contributed by atoms with van der Waals surface area (Å²) in [5.74, 6) is 0.511. The van der Waals surface area contributed by atoms with E-state index in [1.807, 2.05) is 31.6 Å². The molecule has 122 valence electrons. The van der Waals surface area contributed by atoms with E-state index in [2.05, 4.69) is 15.6 Å². The number of carbonyl (C=O) groups is 1. The number of piperidine rings is 1. The van der Waals surface area contributed by atoms with Crippen LogP contribution in [0.4, 0.5) is 4.79 Å². The molecule has 0 atom stereocenters. The van der Waals surface area contributed by atoms with Crippen LogP contribution >= 0.6 is 0 Å². The van der Waals surface area contributed by atoms with E-state index in [-0.39, 0.29) is 12.1 Å². The Morgan fingerprint density at radius 1 is 1.32 bits per heavy atom. The number of hydrogen-bond acceptors (Lipinski definition) is 5. The Bertz CT molecular complexity index is 524. The fourth-order valence-corrected chi connectivity index (χ4v) is 2.87. The third kappa shape index (κ3) is 3.40. The maximum Gasteiger partial charge on any atom is 0.410 e. The minimum atomic E-state index is -0.447. The van der Waals surface area contributed by atoms with Gasteiger partial charge in [-0.2, -0.15) is 0 Å². The van der Waals surface area contributed by atoms with Crippen molar-refractivity contribution in [2.24, 2.45) is 0 Å². The van der Waals surface area contributed by atoms with Crippen LogP contribution in [0.5, 0.6) is 0 Å². The van der Waals surface area contributed by atoms with Crippen LogP contribution in [0.2, 0.25) is 0 Å². The van der Waals surface area contributed by atoms with Gasteiger partial charge in [0.05, 0.1) is 11.7 Å². The molecule has 0 aromatic carbocycles. The van der Waals surface area contributed by atoms with Crippen molar-refractivity contribution in [3.05, 3.63) is 11.9 Å². The number of hydrogen-bond donors (Lipinski definition) is 1. The van der Waals surface area contributed by atoms with Crippen molar-refractivity contribution in [3.63, 3.8) is 0 Å². The molecule has 0 radical (unpaired) electrons. The van der Waals surface area contributed by atoms with Gasteiger partial charge in [0.2, 0.25) is 0 Å². The number of likely N-dealkylation sites (tertiary alicyclic amines) is 1. The molecule has 22 heavy (non-hydrogen) atoms. The predicted molar refractivity (Wildman–Crippen MR) is 81.7 cm³/mol. The van der Waals surface area contributed by atoms with Gasteiger partial charge in [-0.3, -0.25) is 0 Å². The molecule has 2 aliphatic rings. The average molecular weight is 307 g/mol. The van der Waals surface area contributed by atoms with Gasteiger partial charge < -0.3 is 15.0 Å². The second-order valence-electron chi connectivity index (χ2n) is 7.19. The van der Waals surface area contributed by atoms with Gasteiger partial charge in [0.1, 0.15) is 5.60 Å². The molecule has 2 fully saturated rings. The fourth-order valence-electron chi connectivity index (χ4n) is 2.87. The van der Waals surface area contributed by atoms with Crippen LogP contribution in [0.25, 0.3) is 0 Å². The Balaban J connectivity index is 1.52. The van der Waals surface area contributed by atoms with Crippen LogP contribution in [-0.4, -0.2) is 57.8 Å². The summed E-state index contributed by atoms with van der Waals surface area (Å²) >= 11 is 0. The molecule has 1 aromatic heterocycles. The zero-order chi connectivity index (χ0) is 15.7. The predicted octanol–water partition coefficient (Wildman–Crippen LogP) is 1.54. The highest BCUT2D eigenvalue weighted by Crippen LogP contribution is 2.26. The molecule has 2 aliphatic heterocycles. The van der Waals surface area contributed by atoms with Crippen molar-refractivity contribution < 1.29 is 9.53 Å². The third-order valence-corrected chi connectivity index (χ3v) is 4.17. The summed E-state index contributed by atoms with van der Waals surface area (Å²) in [6.07, 6.45) is 4.04. The summed E-state index contributed by atoms with van der Waals surface area (Å²) in [6.45, 7) is 9.02. The van der Waals surface area contributed by atoms with E-state index in [9.17, 15) is 4.79 Å². The van der Waals surface area contributed by atoms with Gasteiger partial charge in [0.25, 0.3) is 0 Å². The summed E-state index contributed by atoms with van der Waals surface area (Å²) < 4.78 is 7.26. The van der Waals surface area contributed by atoms with Crippen molar-refractivity contribution >= 4 is 6.09 Å². The third-order valence-electron chi connectivity index (χ3n) is 4.17. The lowest BCUT2D eigenvalue weighted by Gasteiger charge is -2.39. The lowest BCUT2D eigenvalue weighted by molar-refractivity contribution is -0.000618. The standard InChI is InChI=1S/C15H25N5O2/c1-15(2,3)22-14(21)19-8-12(9-19)20-10-13(17-18-20)11-4-6-16-7-5-11/h10-12,16H,4-9H2,1-3H3. The number of amides is 1. The van der Waals surface area contributed by atoms with E-state index >= 15 is 0 Å². The Labute approximate surface area is 131 Å². The smallest absolute Gasteiger partial charge is 0.410 e. The van der Waals surface area contributed by atoms with Gasteiger partial charge in [0, 0.05) is 25.2 Å². The highest BCUT2D eigenvalue weighted by molar-refractivity contribution is 5.69. The summed E-state index contributed by atoms with van der Waals surface area (Å²) in [5, 5.41) is 11.9. The second-order valence-corrected chi connectivity index (χ2v) is 7.19. The topological polar surface area (TPSA) is 72.3 Å². The first-order chi connectivity index (χ1) is 10.4. The molecule has 3 heterocycles. The van der Waals surface area contributed by atoms with Crippen LogP contribution in [0.15, 0.2) is 6.20 Å². The minimum Gasteiger partial charge on any atom is -0.444 e. The molecule has 0 aliphatic carbocycles. The minimum absolute atomic E-state index is 0.218. The molecule has 0 saturated carbocycles. The maximum atomic E-state index is 11.9. The van der Waals surface area contributed by atoms with Crippen LogP contribution < -0.4 is 5.32 Å². The van der Waals surface area contributed by atoms with E-state index in [0.717, 1.165) is 31.6 Å². The number of aromatic nitrogens is 3. The van der Waals surface area contributed by atoms with Gasteiger partial charge in [-0.05, 0) is 46.7 Å². The van der Waals surface area contributed by atoms with E-state index in [0.29, 0.717) is 19.0 Å². The lowest BCUT2D eigenvalue weighted by Crippen LogP contribution is -2.52. The summed E-state index contributed by atoms with van der Waals surface area (Å²) in [4.78, 5) is 13.6. The van der Waals surface area contributed by atoms with E-state index in [4.69, 9.17) is 4.74 Å². The first kappa shape index (κ1) is 15.3. The second kappa shape index (κ2) is 5.87. The molecular formula is C15H25N5O2. The number of rotatable bonds is 2. The molecule has 7 heteroatoms. The molecule has 1 N–H and O–H groups in total. The molecular weight excluding hydrogens is 282 g/mol. The SMILES string of the molecule is CC(C)(C)OC(=O)N1CC(n2cc(C3CCNCC3)nn2)C1. The molecule has 1 amide bonds. The Morgan fingerprint density at radius 2 is 2.00 bits per heavy atom. The van der Waals surface area contributed by atoms with Crippen molar-refractivity contribution in [2.45, 2.75) is 51.2 Å². The quantitative estimate of drug-likeness (QED) is 0.897. The number of ether oxygens (including phenoxy) is 1. The number of nitrogens with zero attached hydrogens (tertiary/aromatic N) is 4. The van der Waals surface area contributed by atoms with E-state index < -0.39 is 5.60 Å². The van der Waals surface area contributed by atoms with Crippen molar-refractivity contribution in [1.29, 1.82) is 0 Å². The summed E-state index contributed by atoms with van der Waals surface area (Å²) in [5.41, 5.74) is 0.634. The zero-order valence-electron chi connectivity index (χ0n) is 13.6. The van der Waals surface area contributed by atoms with Crippen LogP contribution in [-0.2, 0) is 4.74 Å².